The zero-order chi connectivity index (χ0) is 12.1. The van der Waals surface area contributed by atoms with Crippen molar-refractivity contribution < 1.29 is 15.0 Å². The number of carbonyl (C=O) groups excluding carboxylic acids is 1. The number of hydrogen-bond donors (Lipinski definition) is 2. The van der Waals surface area contributed by atoms with Gasteiger partial charge in [0.05, 0.1) is 23.1 Å². The first-order valence-electron chi connectivity index (χ1n) is 4.56. The number of hydrogen-bond acceptors (Lipinski definition) is 4. The molecular formula is C9H11Cl2NO3S. The molecule has 1 aromatic heterocycles. The van der Waals surface area contributed by atoms with Crippen LogP contribution in [0.4, 0.5) is 0 Å². The van der Waals surface area contributed by atoms with Gasteiger partial charge < -0.3 is 15.1 Å². The molecule has 1 heterocycles. The third-order valence-electron chi connectivity index (χ3n) is 1.91. The topological polar surface area (TPSA) is 60.8 Å². The highest BCUT2D eigenvalue weighted by molar-refractivity contribution is 7.20. The Morgan fingerprint density at radius 3 is 2.25 bits per heavy atom. The number of rotatable bonds is 5. The fourth-order valence-electron chi connectivity index (χ4n) is 1.21. The molecule has 0 aliphatic rings. The van der Waals surface area contributed by atoms with E-state index in [1.54, 1.807) is 0 Å². The average molecular weight is 284 g/mol. The number of carbonyl (C=O) groups is 1. The minimum Gasteiger partial charge on any atom is -0.395 e. The second-order valence-electron chi connectivity index (χ2n) is 2.98. The Morgan fingerprint density at radius 2 is 1.88 bits per heavy atom. The third-order valence-corrected chi connectivity index (χ3v) is 3.40. The summed E-state index contributed by atoms with van der Waals surface area (Å²) in [6, 6.07) is 1.48. The van der Waals surface area contributed by atoms with Gasteiger partial charge in [-0.2, -0.15) is 0 Å². The van der Waals surface area contributed by atoms with Gasteiger partial charge in [0, 0.05) is 13.1 Å². The summed E-state index contributed by atoms with van der Waals surface area (Å²) in [7, 11) is 0. The average Bonchev–Trinajstić information content (AvgIpc) is 2.56. The lowest BCUT2D eigenvalue weighted by Crippen LogP contribution is -2.35. The van der Waals surface area contributed by atoms with Crippen molar-refractivity contribution in [3.63, 3.8) is 0 Å². The maximum absolute atomic E-state index is 11.9. The summed E-state index contributed by atoms with van der Waals surface area (Å²) < 4.78 is 0.747. The van der Waals surface area contributed by atoms with Crippen LogP contribution in [-0.2, 0) is 0 Å². The Hall–Kier alpha value is -0.330. The van der Waals surface area contributed by atoms with Gasteiger partial charge in [0.1, 0.15) is 4.34 Å². The lowest BCUT2D eigenvalue weighted by Gasteiger charge is -2.20. The standard InChI is InChI=1S/C9H11Cl2NO3S/c10-7-5-6(8(11)16-7)9(15)12(1-3-13)2-4-14/h5,13-14H,1-4H2. The van der Waals surface area contributed by atoms with Crippen LogP contribution in [0.2, 0.25) is 8.67 Å². The lowest BCUT2D eigenvalue weighted by molar-refractivity contribution is 0.0685. The Bertz CT molecular complexity index is 364. The van der Waals surface area contributed by atoms with Crippen LogP contribution in [0, 0.1) is 0 Å². The van der Waals surface area contributed by atoms with E-state index in [0.717, 1.165) is 11.3 Å². The van der Waals surface area contributed by atoms with E-state index in [2.05, 4.69) is 0 Å². The van der Waals surface area contributed by atoms with Crippen LogP contribution < -0.4 is 0 Å². The molecule has 7 heteroatoms. The summed E-state index contributed by atoms with van der Waals surface area (Å²) in [5.41, 5.74) is 0.304. The molecule has 0 bridgehead atoms. The van der Waals surface area contributed by atoms with Crippen LogP contribution in [0.15, 0.2) is 6.07 Å². The molecule has 1 aromatic rings. The van der Waals surface area contributed by atoms with Gasteiger partial charge in [-0.25, -0.2) is 0 Å². The summed E-state index contributed by atoms with van der Waals surface area (Å²) in [6.45, 7) is -0.0190. The molecule has 0 atom stereocenters. The van der Waals surface area contributed by atoms with Crippen LogP contribution in [0.3, 0.4) is 0 Å². The monoisotopic (exact) mass is 283 g/mol. The van der Waals surface area contributed by atoms with Gasteiger partial charge in [-0.3, -0.25) is 4.79 Å². The normalized spacial score (nSPS) is 10.5. The van der Waals surface area contributed by atoms with Crippen molar-refractivity contribution in [3.8, 4) is 0 Å². The molecule has 0 unspecified atom stereocenters. The zero-order valence-corrected chi connectivity index (χ0v) is 10.6. The number of aliphatic hydroxyl groups is 2. The molecule has 0 radical (unpaired) electrons. The van der Waals surface area contributed by atoms with Crippen molar-refractivity contribution in [1.29, 1.82) is 0 Å². The van der Waals surface area contributed by atoms with E-state index < -0.39 is 0 Å². The highest BCUT2D eigenvalue weighted by Gasteiger charge is 2.19. The molecule has 1 amide bonds. The smallest absolute Gasteiger partial charge is 0.256 e. The second-order valence-corrected chi connectivity index (χ2v) is 5.26. The first-order chi connectivity index (χ1) is 7.60. The molecule has 0 saturated carbocycles. The molecule has 0 spiro atoms. The molecule has 2 N–H and O–H groups in total. The van der Waals surface area contributed by atoms with Gasteiger partial charge in [-0.05, 0) is 6.07 Å². The largest absolute Gasteiger partial charge is 0.395 e. The summed E-state index contributed by atoms with van der Waals surface area (Å²) in [4.78, 5) is 13.2. The lowest BCUT2D eigenvalue weighted by atomic mass is 10.3. The third kappa shape index (κ3) is 3.33. The van der Waals surface area contributed by atoms with Crippen molar-refractivity contribution in [2.75, 3.05) is 26.3 Å². The summed E-state index contributed by atoms with van der Waals surface area (Å²) in [5.74, 6) is -0.337. The van der Waals surface area contributed by atoms with Crippen molar-refractivity contribution in [1.82, 2.24) is 4.90 Å². The summed E-state index contributed by atoms with van der Waals surface area (Å²) in [5, 5.41) is 17.6. The molecule has 4 nitrogen and oxygen atoms in total. The fourth-order valence-corrected chi connectivity index (χ4v) is 2.66. The maximum atomic E-state index is 11.9. The van der Waals surface area contributed by atoms with Gasteiger partial charge in [0.15, 0.2) is 0 Å². The molecule has 0 fully saturated rings. The van der Waals surface area contributed by atoms with Crippen LogP contribution >= 0.6 is 34.5 Å². The predicted octanol–water partition coefficient (Wildman–Crippen LogP) is 1.48. The van der Waals surface area contributed by atoms with E-state index in [1.165, 1.54) is 11.0 Å². The van der Waals surface area contributed by atoms with Crippen molar-refractivity contribution in [2.45, 2.75) is 0 Å². The molecule has 90 valence electrons. The molecule has 16 heavy (non-hydrogen) atoms. The van der Waals surface area contributed by atoms with Gasteiger partial charge >= 0.3 is 0 Å². The van der Waals surface area contributed by atoms with Gasteiger partial charge in [0.25, 0.3) is 5.91 Å². The van der Waals surface area contributed by atoms with Gasteiger partial charge in [-0.15, -0.1) is 11.3 Å². The zero-order valence-electron chi connectivity index (χ0n) is 8.32. The van der Waals surface area contributed by atoms with Crippen molar-refractivity contribution in [2.24, 2.45) is 0 Å². The first-order valence-corrected chi connectivity index (χ1v) is 6.13. The number of nitrogens with zero attached hydrogens (tertiary/aromatic N) is 1. The van der Waals surface area contributed by atoms with E-state index in [9.17, 15) is 4.79 Å². The van der Waals surface area contributed by atoms with Crippen LogP contribution in [0.1, 0.15) is 10.4 Å². The van der Waals surface area contributed by atoms with Crippen molar-refractivity contribution in [3.05, 3.63) is 20.3 Å². The fraction of sp³-hybridized carbons (Fsp3) is 0.444. The molecule has 0 aromatic carbocycles. The van der Waals surface area contributed by atoms with Crippen LogP contribution in [0.25, 0.3) is 0 Å². The Labute approximate surface area is 107 Å². The number of amides is 1. The SMILES string of the molecule is O=C(c1cc(Cl)sc1Cl)N(CCO)CCO. The van der Waals surface area contributed by atoms with Crippen LogP contribution in [0.5, 0.6) is 0 Å². The van der Waals surface area contributed by atoms with Gasteiger partial charge in [0.2, 0.25) is 0 Å². The minimum atomic E-state index is -0.337. The quantitative estimate of drug-likeness (QED) is 0.861. The van der Waals surface area contributed by atoms with Gasteiger partial charge in [-0.1, -0.05) is 23.2 Å². The molecule has 0 saturated heterocycles. The molecular weight excluding hydrogens is 273 g/mol. The number of halogens is 2. The van der Waals surface area contributed by atoms with E-state index in [1.807, 2.05) is 0 Å². The highest BCUT2D eigenvalue weighted by atomic mass is 35.5. The minimum absolute atomic E-state index is 0.156. The number of aliphatic hydroxyl groups excluding tert-OH is 2. The van der Waals surface area contributed by atoms with E-state index in [0.29, 0.717) is 14.2 Å². The van der Waals surface area contributed by atoms with E-state index in [-0.39, 0.29) is 32.2 Å². The second kappa shape index (κ2) is 6.42. The summed E-state index contributed by atoms with van der Waals surface area (Å²) >= 11 is 12.7. The Morgan fingerprint density at radius 1 is 1.31 bits per heavy atom. The Balaban J connectivity index is 2.85. The molecule has 1 rings (SSSR count). The van der Waals surface area contributed by atoms with Crippen LogP contribution in [-0.4, -0.2) is 47.3 Å². The predicted molar refractivity (Wildman–Crippen MR) is 64.4 cm³/mol. The summed E-state index contributed by atoms with van der Waals surface area (Å²) in [6.07, 6.45) is 0. The molecule has 0 aliphatic heterocycles. The highest BCUT2D eigenvalue weighted by Crippen LogP contribution is 2.31. The first kappa shape index (κ1) is 13.7. The van der Waals surface area contributed by atoms with E-state index in [4.69, 9.17) is 33.4 Å². The maximum Gasteiger partial charge on any atom is 0.256 e. The van der Waals surface area contributed by atoms with E-state index >= 15 is 0 Å². The van der Waals surface area contributed by atoms with Crippen molar-refractivity contribution >= 4 is 40.4 Å². The Kier molecular flexibility index (Phi) is 5.51. The molecule has 0 aliphatic carbocycles. The number of thiophene rings is 1.